The first-order valence-electron chi connectivity index (χ1n) is 8.25. The van der Waals surface area contributed by atoms with Gasteiger partial charge in [-0.3, -0.25) is 14.9 Å². The summed E-state index contributed by atoms with van der Waals surface area (Å²) in [4.78, 5) is 22.6. The molecule has 25 heavy (non-hydrogen) atoms. The molecule has 0 saturated carbocycles. The van der Waals surface area contributed by atoms with Crippen LogP contribution < -0.4 is 10.6 Å². The van der Waals surface area contributed by atoms with Gasteiger partial charge >= 0.3 is 0 Å². The van der Waals surface area contributed by atoms with Gasteiger partial charge in [0.15, 0.2) is 0 Å². The standard InChI is InChI=1S/C17H21N5O3/c1-17(6-8-18-9-7-17)12-19-16(23)13-10-20-21(11-13)14-2-4-15(5-3-14)22(24)25/h2-5,10-11,18H,6-9,12H2,1H3,(H,19,23). The molecule has 0 radical (unpaired) electrons. The Bertz CT molecular complexity index is 763. The summed E-state index contributed by atoms with van der Waals surface area (Å²) in [5, 5.41) is 21.2. The van der Waals surface area contributed by atoms with Crippen LogP contribution in [0.5, 0.6) is 0 Å². The van der Waals surface area contributed by atoms with E-state index < -0.39 is 4.92 Å². The molecule has 1 aromatic heterocycles. The largest absolute Gasteiger partial charge is 0.351 e. The van der Waals surface area contributed by atoms with Crippen molar-refractivity contribution in [3.63, 3.8) is 0 Å². The van der Waals surface area contributed by atoms with Crippen molar-refractivity contribution in [2.45, 2.75) is 19.8 Å². The van der Waals surface area contributed by atoms with Crippen molar-refractivity contribution in [1.82, 2.24) is 20.4 Å². The highest BCUT2D eigenvalue weighted by atomic mass is 16.6. The summed E-state index contributed by atoms with van der Waals surface area (Å²) in [6, 6.07) is 6.02. The minimum Gasteiger partial charge on any atom is -0.351 e. The molecule has 3 rings (SSSR count). The minimum absolute atomic E-state index is 0.0177. The molecule has 2 heterocycles. The van der Waals surface area contributed by atoms with Crippen LogP contribution in [0.2, 0.25) is 0 Å². The Morgan fingerprint density at radius 2 is 2.04 bits per heavy atom. The van der Waals surface area contributed by atoms with Crippen molar-refractivity contribution in [3.8, 4) is 5.69 Å². The summed E-state index contributed by atoms with van der Waals surface area (Å²) in [6.45, 7) is 4.78. The van der Waals surface area contributed by atoms with Crippen LogP contribution in [0.3, 0.4) is 0 Å². The number of hydrogen-bond acceptors (Lipinski definition) is 5. The number of carbonyl (C=O) groups is 1. The van der Waals surface area contributed by atoms with Gasteiger partial charge in [0.2, 0.25) is 0 Å². The number of aromatic nitrogens is 2. The highest BCUT2D eigenvalue weighted by Crippen LogP contribution is 2.26. The molecule has 0 aliphatic carbocycles. The number of hydrogen-bond donors (Lipinski definition) is 2. The van der Waals surface area contributed by atoms with E-state index >= 15 is 0 Å². The number of nitrogens with one attached hydrogen (secondary N) is 2. The Morgan fingerprint density at radius 3 is 2.68 bits per heavy atom. The van der Waals surface area contributed by atoms with Gasteiger partial charge in [-0.05, 0) is 43.5 Å². The van der Waals surface area contributed by atoms with Gasteiger partial charge in [-0.25, -0.2) is 4.68 Å². The molecular weight excluding hydrogens is 322 g/mol. The lowest BCUT2D eigenvalue weighted by Gasteiger charge is -2.34. The van der Waals surface area contributed by atoms with Gasteiger partial charge in [0.05, 0.1) is 22.4 Å². The van der Waals surface area contributed by atoms with E-state index in [0.717, 1.165) is 25.9 Å². The van der Waals surface area contributed by atoms with E-state index in [2.05, 4.69) is 22.7 Å². The monoisotopic (exact) mass is 343 g/mol. The van der Waals surface area contributed by atoms with Gasteiger partial charge < -0.3 is 10.6 Å². The van der Waals surface area contributed by atoms with Crippen molar-refractivity contribution in [3.05, 3.63) is 52.3 Å². The van der Waals surface area contributed by atoms with Gasteiger partial charge in [-0.1, -0.05) is 6.92 Å². The van der Waals surface area contributed by atoms with Crippen molar-refractivity contribution in [2.75, 3.05) is 19.6 Å². The van der Waals surface area contributed by atoms with Crippen LogP contribution in [0.1, 0.15) is 30.1 Å². The second kappa shape index (κ2) is 7.02. The van der Waals surface area contributed by atoms with Crippen LogP contribution >= 0.6 is 0 Å². The number of nitrogens with zero attached hydrogens (tertiary/aromatic N) is 3. The zero-order valence-corrected chi connectivity index (χ0v) is 14.1. The maximum Gasteiger partial charge on any atom is 0.269 e. The first-order valence-corrected chi connectivity index (χ1v) is 8.25. The Morgan fingerprint density at radius 1 is 1.36 bits per heavy atom. The highest BCUT2D eigenvalue weighted by Gasteiger charge is 2.27. The number of nitro groups is 1. The molecule has 0 bridgehead atoms. The SMILES string of the molecule is CC1(CNC(=O)c2cnn(-c3ccc([N+](=O)[O-])cc3)c2)CCNCC1. The Hall–Kier alpha value is -2.74. The van der Waals surface area contributed by atoms with Crippen LogP contribution in [0.25, 0.3) is 5.69 Å². The number of non-ortho nitro benzene ring substituents is 1. The normalized spacial score (nSPS) is 16.4. The third-order valence-corrected chi connectivity index (χ3v) is 4.66. The number of nitro benzene ring substituents is 1. The molecule has 8 heteroatoms. The number of piperidine rings is 1. The number of amides is 1. The lowest BCUT2D eigenvalue weighted by molar-refractivity contribution is -0.384. The topological polar surface area (TPSA) is 102 Å². The van der Waals surface area contributed by atoms with E-state index in [0.29, 0.717) is 17.8 Å². The third kappa shape index (κ3) is 4.03. The molecular formula is C17H21N5O3. The van der Waals surface area contributed by atoms with Gasteiger partial charge in [-0.15, -0.1) is 0 Å². The fourth-order valence-corrected chi connectivity index (χ4v) is 2.91. The van der Waals surface area contributed by atoms with E-state index in [1.165, 1.54) is 23.0 Å². The fourth-order valence-electron chi connectivity index (χ4n) is 2.91. The van der Waals surface area contributed by atoms with Gasteiger partial charge in [-0.2, -0.15) is 5.10 Å². The molecule has 0 atom stereocenters. The molecule has 2 aromatic rings. The number of benzene rings is 1. The summed E-state index contributed by atoms with van der Waals surface area (Å²) in [7, 11) is 0. The Labute approximate surface area is 145 Å². The average Bonchev–Trinajstić information content (AvgIpc) is 3.11. The minimum atomic E-state index is -0.451. The maximum absolute atomic E-state index is 12.3. The zero-order valence-electron chi connectivity index (χ0n) is 14.1. The van der Waals surface area contributed by atoms with Crippen LogP contribution in [-0.4, -0.2) is 40.2 Å². The zero-order chi connectivity index (χ0) is 17.9. The Kier molecular flexibility index (Phi) is 4.80. The predicted molar refractivity (Wildman–Crippen MR) is 92.8 cm³/mol. The van der Waals surface area contributed by atoms with Crippen molar-refractivity contribution in [1.29, 1.82) is 0 Å². The second-order valence-electron chi connectivity index (χ2n) is 6.69. The molecule has 1 aliphatic heterocycles. The van der Waals surface area contributed by atoms with Crippen molar-refractivity contribution < 1.29 is 9.72 Å². The molecule has 1 fully saturated rings. The van der Waals surface area contributed by atoms with E-state index in [-0.39, 0.29) is 17.0 Å². The molecule has 8 nitrogen and oxygen atoms in total. The van der Waals surface area contributed by atoms with Crippen LogP contribution in [0, 0.1) is 15.5 Å². The van der Waals surface area contributed by atoms with Gasteiger partial charge in [0.1, 0.15) is 0 Å². The molecule has 1 aromatic carbocycles. The summed E-state index contributed by atoms with van der Waals surface area (Å²) in [5.41, 5.74) is 1.27. The maximum atomic E-state index is 12.3. The van der Waals surface area contributed by atoms with Crippen LogP contribution in [-0.2, 0) is 0 Å². The summed E-state index contributed by atoms with van der Waals surface area (Å²) < 4.78 is 1.53. The molecule has 0 unspecified atom stereocenters. The first-order chi connectivity index (χ1) is 12.0. The average molecular weight is 343 g/mol. The summed E-state index contributed by atoms with van der Waals surface area (Å²) in [6.07, 6.45) is 5.20. The van der Waals surface area contributed by atoms with E-state index in [1.807, 2.05) is 0 Å². The lowest BCUT2D eigenvalue weighted by Crippen LogP contribution is -2.42. The smallest absolute Gasteiger partial charge is 0.269 e. The van der Waals surface area contributed by atoms with Crippen LogP contribution in [0.15, 0.2) is 36.7 Å². The summed E-state index contributed by atoms with van der Waals surface area (Å²) >= 11 is 0. The quantitative estimate of drug-likeness (QED) is 0.638. The van der Waals surface area contributed by atoms with Crippen LogP contribution in [0.4, 0.5) is 5.69 Å². The second-order valence-corrected chi connectivity index (χ2v) is 6.69. The van der Waals surface area contributed by atoms with E-state index in [4.69, 9.17) is 0 Å². The number of carbonyl (C=O) groups excluding carboxylic acids is 1. The fraction of sp³-hybridized carbons (Fsp3) is 0.412. The van der Waals surface area contributed by atoms with E-state index in [1.54, 1.807) is 18.3 Å². The van der Waals surface area contributed by atoms with E-state index in [9.17, 15) is 14.9 Å². The van der Waals surface area contributed by atoms with Gasteiger partial charge in [0, 0.05) is 24.9 Å². The third-order valence-electron chi connectivity index (χ3n) is 4.66. The molecule has 1 saturated heterocycles. The number of rotatable bonds is 5. The molecule has 1 amide bonds. The lowest BCUT2D eigenvalue weighted by atomic mass is 9.81. The molecule has 1 aliphatic rings. The molecule has 132 valence electrons. The molecule has 0 spiro atoms. The highest BCUT2D eigenvalue weighted by molar-refractivity contribution is 5.93. The van der Waals surface area contributed by atoms with Crippen molar-refractivity contribution in [2.24, 2.45) is 5.41 Å². The molecule has 2 N–H and O–H groups in total. The summed E-state index contributed by atoms with van der Waals surface area (Å²) in [5.74, 6) is -0.159. The Balaban J connectivity index is 1.64. The van der Waals surface area contributed by atoms with Crippen molar-refractivity contribution >= 4 is 11.6 Å². The first kappa shape index (κ1) is 17.1. The van der Waals surface area contributed by atoms with Gasteiger partial charge in [0.25, 0.3) is 11.6 Å². The predicted octanol–water partition coefficient (Wildman–Crippen LogP) is 1.90.